The van der Waals surface area contributed by atoms with Gasteiger partial charge in [-0.05, 0) is 24.1 Å². The molecule has 13 heavy (non-hydrogen) atoms. The average molecular weight is 200 g/mol. The number of halogens is 1. The van der Waals surface area contributed by atoms with Crippen molar-refractivity contribution in [3.8, 4) is 0 Å². The lowest BCUT2D eigenvalue weighted by Gasteiger charge is -2.08. The van der Waals surface area contributed by atoms with Crippen molar-refractivity contribution in [2.45, 2.75) is 13.0 Å². The highest BCUT2D eigenvalue weighted by Gasteiger charge is 2.16. The highest BCUT2D eigenvalue weighted by Crippen LogP contribution is 2.22. The average Bonchev–Trinajstić information content (AvgIpc) is 2.03. The van der Waals surface area contributed by atoms with Crippen molar-refractivity contribution < 1.29 is 9.90 Å². The van der Waals surface area contributed by atoms with Crippen LogP contribution in [-0.2, 0) is 4.79 Å². The normalized spacial score (nSPS) is 12.5. The van der Waals surface area contributed by atoms with E-state index in [1.54, 1.807) is 18.2 Å². The Bertz CT molecular complexity index is 338. The molecule has 0 amide bonds. The molecule has 0 bridgehead atoms. The molecule has 3 N–H and O–H groups in total. The molecule has 3 nitrogen and oxygen atoms in total. The molecular formula is C9H10ClNO2. The molecule has 0 fully saturated rings. The van der Waals surface area contributed by atoms with Crippen LogP contribution in [0.1, 0.15) is 17.2 Å². The third-order valence-electron chi connectivity index (χ3n) is 1.76. The standard InChI is InChI=1S/C9H10ClNO2/c1-5-2-3-6(7(10)4-5)8(11)9(12)13/h2-4,8H,11H2,1H3,(H,12,13)/t8-/m0/s1. The second kappa shape index (κ2) is 3.77. The highest BCUT2D eigenvalue weighted by molar-refractivity contribution is 6.31. The predicted octanol–water partition coefficient (Wildman–Crippen LogP) is 1.73. The summed E-state index contributed by atoms with van der Waals surface area (Å²) in [5, 5.41) is 9.04. The molecule has 1 aromatic rings. The van der Waals surface area contributed by atoms with Crippen LogP contribution in [0, 0.1) is 6.92 Å². The fourth-order valence-corrected chi connectivity index (χ4v) is 1.37. The molecule has 0 radical (unpaired) electrons. The van der Waals surface area contributed by atoms with Crippen molar-refractivity contribution in [3.63, 3.8) is 0 Å². The molecule has 0 spiro atoms. The summed E-state index contributed by atoms with van der Waals surface area (Å²) in [5.74, 6) is -1.08. The summed E-state index contributed by atoms with van der Waals surface area (Å²) in [5.41, 5.74) is 6.83. The predicted molar refractivity (Wildman–Crippen MR) is 50.8 cm³/mol. The van der Waals surface area contributed by atoms with Gasteiger partial charge in [-0.25, -0.2) is 0 Å². The molecule has 4 heteroatoms. The Hall–Kier alpha value is -1.06. The minimum atomic E-state index is -1.08. The summed E-state index contributed by atoms with van der Waals surface area (Å²) in [7, 11) is 0. The molecule has 0 aliphatic rings. The maximum absolute atomic E-state index is 10.6. The molecule has 0 saturated carbocycles. The molecule has 0 aromatic heterocycles. The number of aliphatic carboxylic acids is 1. The van der Waals surface area contributed by atoms with Crippen LogP contribution in [0.3, 0.4) is 0 Å². The minimum Gasteiger partial charge on any atom is -0.480 e. The maximum atomic E-state index is 10.6. The van der Waals surface area contributed by atoms with Crippen molar-refractivity contribution in [1.29, 1.82) is 0 Å². The lowest BCUT2D eigenvalue weighted by molar-refractivity contribution is -0.138. The van der Waals surface area contributed by atoms with E-state index in [0.717, 1.165) is 5.56 Å². The molecular weight excluding hydrogens is 190 g/mol. The third kappa shape index (κ3) is 2.20. The largest absolute Gasteiger partial charge is 0.480 e. The van der Waals surface area contributed by atoms with Gasteiger partial charge in [0.05, 0.1) is 0 Å². The van der Waals surface area contributed by atoms with Gasteiger partial charge in [0.2, 0.25) is 0 Å². The number of hydrogen-bond donors (Lipinski definition) is 2. The Morgan fingerprint density at radius 1 is 1.62 bits per heavy atom. The highest BCUT2D eigenvalue weighted by atomic mass is 35.5. The summed E-state index contributed by atoms with van der Waals surface area (Å²) in [6.07, 6.45) is 0. The van der Waals surface area contributed by atoms with Crippen LogP contribution in [-0.4, -0.2) is 11.1 Å². The zero-order valence-corrected chi connectivity index (χ0v) is 7.88. The number of hydrogen-bond acceptors (Lipinski definition) is 2. The van der Waals surface area contributed by atoms with E-state index in [1.165, 1.54) is 0 Å². The SMILES string of the molecule is Cc1ccc([C@H](N)C(=O)O)c(Cl)c1. The van der Waals surface area contributed by atoms with Crippen LogP contribution in [0.15, 0.2) is 18.2 Å². The molecule has 0 heterocycles. The topological polar surface area (TPSA) is 63.3 Å². The molecule has 1 atom stereocenters. The van der Waals surface area contributed by atoms with Gasteiger partial charge in [0.15, 0.2) is 0 Å². The van der Waals surface area contributed by atoms with E-state index in [1.807, 2.05) is 6.92 Å². The van der Waals surface area contributed by atoms with Crippen molar-refractivity contribution in [2.75, 3.05) is 0 Å². The van der Waals surface area contributed by atoms with Crippen LogP contribution in [0.4, 0.5) is 0 Å². The minimum absolute atomic E-state index is 0.398. The second-order valence-electron chi connectivity index (χ2n) is 2.84. The first-order chi connectivity index (χ1) is 6.02. The molecule has 70 valence electrons. The summed E-state index contributed by atoms with van der Waals surface area (Å²) in [4.78, 5) is 10.6. The van der Waals surface area contributed by atoms with Crippen molar-refractivity contribution in [2.24, 2.45) is 5.73 Å². The number of carboxylic acids is 1. The van der Waals surface area contributed by atoms with E-state index in [-0.39, 0.29) is 0 Å². The van der Waals surface area contributed by atoms with Gasteiger partial charge in [-0.2, -0.15) is 0 Å². The van der Waals surface area contributed by atoms with Gasteiger partial charge >= 0.3 is 5.97 Å². The smallest absolute Gasteiger partial charge is 0.325 e. The Balaban J connectivity index is 3.08. The fraction of sp³-hybridized carbons (Fsp3) is 0.222. The molecule has 0 aliphatic heterocycles. The van der Waals surface area contributed by atoms with Crippen LogP contribution in [0.5, 0.6) is 0 Å². The first-order valence-electron chi connectivity index (χ1n) is 3.77. The monoisotopic (exact) mass is 199 g/mol. The number of carboxylic acid groups (broad SMARTS) is 1. The van der Waals surface area contributed by atoms with Crippen LogP contribution in [0.2, 0.25) is 5.02 Å². The van der Waals surface area contributed by atoms with E-state index >= 15 is 0 Å². The summed E-state index contributed by atoms with van der Waals surface area (Å²) in [6, 6.07) is 4.06. The van der Waals surface area contributed by atoms with E-state index < -0.39 is 12.0 Å². The third-order valence-corrected chi connectivity index (χ3v) is 2.08. The zero-order chi connectivity index (χ0) is 10.0. The molecule has 0 saturated heterocycles. The van der Waals surface area contributed by atoms with Gasteiger partial charge in [-0.1, -0.05) is 23.7 Å². The van der Waals surface area contributed by atoms with Gasteiger partial charge in [-0.15, -0.1) is 0 Å². The Labute approximate surface area is 81.1 Å². The quantitative estimate of drug-likeness (QED) is 0.763. The summed E-state index contributed by atoms with van der Waals surface area (Å²) in [6.45, 7) is 1.88. The Kier molecular flexibility index (Phi) is 2.90. The number of nitrogens with two attached hydrogens (primary N) is 1. The first-order valence-corrected chi connectivity index (χ1v) is 4.14. The van der Waals surface area contributed by atoms with Crippen molar-refractivity contribution in [3.05, 3.63) is 34.3 Å². The van der Waals surface area contributed by atoms with Crippen molar-refractivity contribution >= 4 is 17.6 Å². The number of benzene rings is 1. The van der Waals surface area contributed by atoms with Gasteiger partial charge < -0.3 is 10.8 Å². The molecule has 1 aromatic carbocycles. The van der Waals surface area contributed by atoms with Gasteiger partial charge in [0.25, 0.3) is 0 Å². The van der Waals surface area contributed by atoms with E-state index in [0.29, 0.717) is 10.6 Å². The van der Waals surface area contributed by atoms with E-state index in [9.17, 15) is 4.79 Å². The van der Waals surface area contributed by atoms with Gasteiger partial charge in [0, 0.05) is 5.02 Å². The number of aryl methyl sites for hydroxylation is 1. The molecule has 0 unspecified atom stereocenters. The van der Waals surface area contributed by atoms with Gasteiger partial charge in [0.1, 0.15) is 6.04 Å². The van der Waals surface area contributed by atoms with Crippen LogP contribution >= 0.6 is 11.6 Å². The number of rotatable bonds is 2. The fourth-order valence-electron chi connectivity index (χ4n) is 1.02. The first kappa shape index (κ1) is 10.0. The summed E-state index contributed by atoms with van der Waals surface area (Å²) >= 11 is 5.83. The summed E-state index contributed by atoms with van der Waals surface area (Å²) < 4.78 is 0. The Morgan fingerprint density at radius 2 is 2.23 bits per heavy atom. The maximum Gasteiger partial charge on any atom is 0.325 e. The van der Waals surface area contributed by atoms with Crippen molar-refractivity contribution in [1.82, 2.24) is 0 Å². The second-order valence-corrected chi connectivity index (χ2v) is 3.25. The lowest BCUT2D eigenvalue weighted by Crippen LogP contribution is -2.20. The Morgan fingerprint density at radius 3 is 2.69 bits per heavy atom. The van der Waals surface area contributed by atoms with Gasteiger partial charge in [-0.3, -0.25) is 4.79 Å². The van der Waals surface area contributed by atoms with Crippen LogP contribution in [0.25, 0.3) is 0 Å². The van der Waals surface area contributed by atoms with Crippen LogP contribution < -0.4 is 5.73 Å². The lowest BCUT2D eigenvalue weighted by atomic mass is 10.1. The molecule has 1 rings (SSSR count). The molecule has 0 aliphatic carbocycles. The zero-order valence-electron chi connectivity index (χ0n) is 7.12. The van der Waals surface area contributed by atoms with E-state index in [2.05, 4.69) is 0 Å². The number of carbonyl (C=O) groups is 1. The van der Waals surface area contributed by atoms with E-state index in [4.69, 9.17) is 22.4 Å².